The number of nitrogen functional groups attached to an aromatic ring is 1. The molecule has 0 atom stereocenters. The Hall–Kier alpha value is -5.25. The van der Waals surface area contributed by atoms with E-state index in [9.17, 15) is 24.3 Å². The van der Waals surface area contributed by atoms with Gasteiger partial charge < -0.3 is 25.6 Å². The molecule has 0 unspecified atom stereocenters. The number of ether oxygens (including phenoxy) is 1. The third kappa shape index (κ3) is 7.37. The molecule has 0 spiro atoms. The molecule has 5 N–H and O–H groups in total. The molecule has 0 fully saturated rings. The fourth-order valence-corrected chi connectivity index (χ4v) is 3.48. The number of esters is 1. The van der Waals surface area contributed by atoms with Gasteiger partial charge in [0, 0.05) is 17.7 Å². The lowest BCUT2D eigenvalue weighted by atomic mass is 10.1. The number of amidine groups is 1. The molecule has 10 heteroatoms. The highest BCUT2D eigenvalue weighted by Crippen LogP contribution is 2.17. The average Bonchev–Trinajstić information content (AvgIpc) is 2.88. The molecule has 194 valence electrons. The molecule has 3 aromatic rings. The van der Waals surface area contributed by atoms with Gasteiger partial charge in [-0.3, -0.25) is 15.0 Å². The molecule has 0 saturated heterocycles. The first-order valence-corrected chi connectivity index (χ1v) is 11.3. The van der Waals surface area contributed by atoms with Gasteiger partial charge in [0.2, 0.25) is 5.91 Å². The number of amides is 1. The summed E-state index contributed by atoms with van der Waals surface area (Å²) in [5.41, 5.74) is 7.74. The number of aliphatic carboxylic acids is 1. The number of hydrogen-bond acceptors (Lipinski definition) is 6. The number of carboxylic acid groups (broad SMARTS) is 2. The fourth-order valence-electron chi connectivity index (χ4n) is 3.48. The molecule has 0 aliphatic rings. The van der Waals surface area contributed by atoms with E-state index in [0.717, 1.165) is 4.90 Å². The van der Waals surface area contributed by atoms with Gasteiger partial charge in [-0.25, -0.2) is 9.59 Å². The number of nitrogens with two attached hydrogens (primary N) is 1. The van der Waals surface area contributed by atoms with Gasteiger partial charge >= 0.3 is 17.9 Å². The van der Waals surface area contributed by atoms with Crippen molar-refractivity contribution in [3.63, 3.8) is 0 Å². The Balaban J connectivity index is 1.69. The van der Waals surface area contributed by atoms with Crippen LogP contribution in [-0.4, -0.2) is 51.3 Å². The van der Waals surface area contributed by atoms with Gasteiger partial charge in [0.25, 0.3) is 0 Å². The number of aromatic carboxylic acids is 1. The third-order valence-electron chi connectivity index (χ3n) is 5.43. The van der Waals surface area contributed by atoms with Crippen molar-refractivity contribution in [2.24, 2.45) is 5.73 Å². The van der Waals surface area contributed by atoms with Crippen molar-refractivity contribution < 1.29 is 34.1 Å². The molecule has 38 heavy (non-hydrogen) atoms. The number of hydrogen-bond donors (Lipinski definition) is 4. The largest absolute Gasteiger partial charge is 0.480 e. The Kier molecular flexibility index (Phi) is 8.73. The van der Waals surface area contributed by atoms with Crippen LogP contribution < -0.4 is 10.5 Å². The molecule has 0 aliphatic heterocycles. The van der Waals surface area contributed by atoms with E-state index < -0.39 is 30.4 Å². The normalized spacial score (nSPS) is 10.9. The summed E-state index contributed by atoms with van der Waals surface area (Å²) >= 11 is 0. The van der Waals surface area contributed by atoms with E-state index in [-0.39, 0.29) is 29.1 Å². The summed E-state index contributed by atoms with van der Waals surface area (Å²) in [5, 5.41) is 25.7. The zero-order chi connectivity index (χ0) is 27.8. The first kappa shape index (κ1) is 27.3. The number of rotatable bonds is 10. The van der Waals surface area contributed by atoms with Gasteiger partial charge in [0.05, 0.1) is 11.1 Å². The predicted molar refractivity (Wildman–Crippen MR) is 139 cm³/mol. The Bertz CT molecular complexity index is 1390. The quantitative estimate of drug-likeness (QED) is 0.105. The van der Waals surface area contributed by atoms with Gasteiger partial charge in [-0.2, -0.15) is 0 Å². The van der Waals surface area contributed by atoms with Crippen LogP contribution in [0, 0.1) is 5.41 Å². The van der Waals surface area contributed by atoms with Crippen LogP contribution in [0.25, 0.3) is 6.08 Å². The van der Waals surface area contributed by atoms with Crippen LogP contribution >= 0.6 is 0 Å². The molecule has 0 radical (unpaired) electrons. The molecule has 10 nitrogen and oxygen atoms in total. The molecule has 3 rings (SSSR count). The maximum atomic E-state index is 13.0. The number of carbonyl (C=O) groups excluding carboxylic acids is 2. The van der Waals surface area contributed by atoms with Crippen LogP contribution in [0.2, 0.25) is 0 Å². The lowest BCUT2D eigenvalue weighted by molar-refractivity contribution is -0.143. The smallest absolute Gasteiger partial charge is 0.343 e. The van der Waals surface area contributed by atoms with Crippen LogP contribution in [0.3, 0.4) is 0 Å². The fraction of sp³-hybridized carbons (Fsp3) is 0.107. The van der Waals surface area contributed by atoms with E-state index >= 15 is 0 Å². The standard InChI is InChI=1S/C28H25N3O7/c1-17(26(34)31(16-24(32)33)15-19-4-6-21(7-5-19)27(35)36)14-18-2-8-22(9-3-18)28(37)38-23-12-10-20(11-13-23)25(29)30/h2-14H,15-16H2,1H3,(H3,29,30)(H,32,33)(H,35,36). The molecular formula is C28H25N3O7. The van der Waals surface area contributed by atoms with E-state index in [0.29, 0.717) is 22.4 Å². The van der Waals surface area contributed by atoms with E-state index in [1.165, 1.54) is 48.5 Å². The number of carbonyl (C=O) groups is 4. The zero-order valence-electron chi connectivity index (χ0n) is 20.4. The second-order valence-corrected chi connectivity index (χ2v) is 8.33. The van der Waals surface area contributed by atoms with Crippen molar-refractivity contribution in [1.29, 1.82) is 5.41 Å². The highest BCUT2D eigenvalue weighted by Gasteiger charge is 2.19. The molecule has 0 heterocycles. The number of benzene rings is 3. The van der Waals surface area contributed by atoms with Crippen molar-refractivity contribution in [3.8, 4) is 5.75 Å². The first-order valence-electron chi connectivity index (χ1n) is 11.3. The maximum absolute atomic E-state index is 13.0. The highest BCUT2D eigenvalue weighted by atomic mass is 16.5. The number of nitrogens with one attached hydrogen (secondary N) is 1. The SMILES string of the molecule is CC(=Cc1ccc(C(=O)Oc2ccc(C(=N)N)cc2)cc1)C(=O)N(CC(=O)O)Cc1ccc(C(=O)O)cc1. The molecule has 0 aliphatic carbocycles. The molecule has 1 amide bonds. The van der Waals surface area contributed by atoms with Crippen molar-refractivity contribution in [2.75, 3.05) is 6.54 Å². The highest BCUT2D eigenvalue weighted by molar-refractivity contribution is 5.99. The Morgan fingerprint density at radius 2 is 1.42 bits per heavy atom. The minimum atomic E-state index is -1.19. The van der Waals surface area contributed by atoms with Gasteiger partial charge in [-0.15, -0.1) is 0 Å². The van der Waals surface area contributed by atoms with Crippen LogP contribution in [-0.2, 0) is 16.1 Å². The van der Waals surface area contributed by atoms with E-state index in [1.54, 1.807) is 37.3 Å². The van der Waals surface area contributed by atoms with Crippen molar-refractivity contribution in [3.05, 3.63) is 106 Å². The number of carboxylic acids is 2. The van der Waals surface area contributed by atoms with E-state index in [2.05, 4.69) is 0 Å². The second kappa shape index (κ2) is 12.1. The van der Waals surface area contributed by atoms with Gasteiger partial charge in [0.1, 0.15) is 18.1 Å². The molecule has 3 aromatic carbocycles. The summed E-state index contributed by atoms with van der Waals surface area (Å²) in [6.07, 6.45) is 1.57. The zero-order valence-corrected chi connectivity index (χ0v) is 20.4. The molecule has 0 saturated carbocycles. The monoisotopic (exact) mass is 515 g/mol. The lowest BCUT2D eigenvalue weighted by Crippen LogP contribution is -2.35. The van der Waals surface area contributed by atoms with Crippen LogP contribution in [0.15, 0.2) is 78.4 Å². The summed E-state index contributed by atoms with van der Waals surface area (Å²) < 4.78 is 5.33. The summed E-state index contributed by atoms with van der Waals surface area (Å²) in [5.74, 6) is -3.18. The Labute approximate surface area is 218 Å². The van der Waals surface area contributed by atoms with Crippen LogP contribution in [0.1, 0.15) is 44.3 Å². The maximum Gasteiger partial charge on any atom is 0.343 e. The predicted octanol–water partition coefficient (Wildman–Crippen LogP) is 3.40. The number of nitrogens with zero attached hydrogens (tertiary/aromatic N) is 1. The summed E-state index contributed by atoms with van der Waals surface area (Å²) in [6.45, 7) is 0.995. The second-order valence-electron chi connectivity index (χ2n) is 8.33. The van der Waals surface area contributed by atoms with Crippen molar-refractivity contribution >= 4 is 35.7 Å². The van der Waals surface area contributed by atoms with Crippen LogP contribution in [0.5, 0.6) is 5.75 Å². The molecular weight excluding hydrogens is 490 g/mol. The van der Waals surface area contributed by atoms with E-state index in [4.69, 9.17) is 21.0 Å². The van der Waals surface area contributed by atoms with Gasteiger partial charge in [-0.1, -0.05) is 24.3 Å². The summed E-state index contributed by atoms with van der Waals surface area (Å²) in [6, 6.07) is 18.3. The topological polar surface area (TPSA) is 171 Å². The Morgan fingerprint density at radius 3 is 1.95 bits per heavy atom. The van der Waals surface area contributed by atoms with Crippen LogP contribution in [0.4, 0.5) is 0 Å². The first-order chi connectivity index (χ1) is 18.0. The minimum absolute atomic E-state index is 0.0195. The molecule has 0 aromatic heterocycles. The Morgan fingerprint density at radius 1 is 0.868 bits per heavy atom. The third-order valence-corrected chi connectivity index (χ3v) is 5.43. The summed E-state index contributed by atoms with van der Waals surface area (Å²) in [7, 11) is 0. The van der Waals surface area contributed by atoms with Gasteiger partial charge in [0.15, 0.2) is 0 Å². The minimum Gasteiger partial charge on any atom is -0.480 e. The van der Waals surface area contributed by atoms with Gasteiger partial charge in [-0.05, 0) is 72.7 Å². The lowest BCUT2D eigenvalue weighted by Gasteiger charge is -2.21. The summed E-state index contributed by atoms with van der Waals surface area (Å²) in [4.78, 5) is 49.0. The molecule has 0 bridgehead atoms. The van der Waals surface area contributed by atoms with Crippen molar-refractivity contribution in [1.82, 2.24) is 4.90 Å². The van der Waals surface area contributed by atoms with Crippen molar-refractivity contribution in [2.45, 2.75) is 13.5 Å². The average molecular weight is 516 g/mol. The van der Waals surface area contributed by atoms with E-state index in [1.807, 2.05) is 0 Å².